The Labute approximate surface area is 182 Å². The molecule has 30 heavy (non-hydrogen) atoms. The normalized spacial score (nSPS) is 17.3. The Bertz CT molecular complexity index is 812. The van der Waals surface area contributed by atoms with E-state index in [0.717, 1.165) is 5.57 Å². The Balaban J connectivity index is 2.28. The summed E-state index contributed by atoms with van der Waals surface area (Å²) in [6, 6.07) is 10.4. The number of carbonyl (C=O) groups excluding carboxylic acids is 2. The number of rotatable bonds is 9. The predicted molar refractivity (Wildman–Crippen MR) is 125 cm³/mol. The monoisotopic (exact) mass is 446 g/mol. The topological polar surface area (TPSA) is 61.8 Å². The summed E-state index contributed by atoms with van der Waals surface area (Å²) in [5.74, 6) is -0.616. The molecular weight excluding hydrogens is 412 g/mol. The number of ether oxygens (including phenoxy) is 2. The highest BCUT2D eigenvalue weighted by Crippen LogP contribution is 2.29. The Morgan fingerprint density at radius 3 is 2.37 bits per heavy atom. The van der Waals surface area contributed by atoms with Crippen LogP contribution in [0.3, 0.4) is 0 Å². The second kappa shape index (κ2) is 10.4. The first-order valence-corrected chi connectivity index (χ1v) is 16.4. The van der Waals surface area contributed by atoms with Gasteiger partial charge in [-0.2, -0.15) is 0 Å². The molecule has 0 bridgehead atoms. The van der Waals surface area contributed by atoms with Gasteiger partial charge in [0.05, 0.1) is 6.61 Å². The van der Waals surface area contributed by atoms with Gasteiger partial charge in [0.1, 0.15) is 20.8 Å². The lowest BCUT2D eigenvalue weighted by Crippen LogP contribution is -2.40. The average Bonchev–Trinajstić information content (AvgIpc) is 2.97. The average molecular weight is 447 g/mol. The summed E-state index contributed by atoms with van der Waals surface area (Å²) in [6.45, 7) is 12.6. The second-order valence-corrected chi connectivity index (χ2v) is 17.1. The number of hydrogen-bond acceptors (Lipinski definition) is 5. The molecule has 0 saturated heterocycles. The van der Waals surface area contributed by atoms with Gasteiger partial charge in [0.25, 0.3) is 0 Å². The van der Waals surface area contributed by atoms with E-state index >= 15 is 0 Å². The number of esters is 2. The zero-order valence-corrected chi connectivity index (χ0v) is 21.0. The van der Waals surface area contributed by atoms with E-state index in [0.29, 0.717) is 19.4 Å². The molecule has 5 nitrogen and oxygen atoms in total. The molecule has 0 aromatic heterocycles. The van der Waals surface area contributed by atoms with E-state index in [-0.39, 0.29) is 24.6 Å². The summed E-state index contributed by atoms with van der Waals surface area (Å²) in [6.07, 6.45) is 3.02. The second-order valence-electron chi connectivity index (χ2n) is 8.86. The quantitative estimate of drug-likeness (QED) is 0.423. The molecule has 0 amide bonds. The lowest BCUT2D eigenvalue weighted by Gasteiger charge is -2.26. The Hall–Kier alpha value is -1.97. The zero-order chi connectivity index (χ0) is 22.4. The molecular formula is C23H34O5Si2. The molecule has 0 saturated carbocycles. The van der Waals surface area contributed by atoms with Crippen molar-refractivity contribution in [3.05, 3.63) is 52.9 Å². The van der Waals surface area contributed by atoms with Crippen LogP contribution in [0.4, 0.5) is 0 Å². The molecule has 164 valence electrons. The van der Waals surface area contributed by atoms with Gasteiger partial charge < -0.3 is 13.9 Å². The molecule has 1 heterocycles. The third kappa shape index (κ3) is 7.38. The number of hydrogen-bond donors (Lipinski definition) is 0. The van der Waals surface area contributed by atoms with E-state index in [1.807, 2.05) is 18.2 Å². The number of carbonyl (C=O) groups is 2. The first-order valence-electron chi connectivity index (χ1n) is 10.4. The molecule has 7 heteroatoms. The highest BCUT2D eigenvalue weighted by atomic mass is 28.4. The van der Waals surface area contributed by atoms with E-state index < -0.39 is 16.4 Å². The highest BCUT2D eigenvalue weighted by molar-refractivity contribution is 6.94. The lowest BCUT2D eigenvalue weighted by atomic mass is 10.1. The molecule has 1 aliphatic rings. The minimum absolute atomic E-state index is 0.215. The molecule has 0 radical (unpaired) electrons. The molecule has 0 fully saturated rings. The predicted octanol–water partition coefficient (Wildman–Crippen LogP) is 4.04. The SMILES string of the molecule is CC(=O)OC/C(=C\[Si](C)(C)c1ccccc1)CC(CC1=CCO[Si]1(C)C)OC(C)=O. The van der Waals surface area contributed by atoms with E-state index in [4.69, 9.17) is 13.9 Å². The summed E-state index contributed by atoms with van der Waals surface area (Å²) in [5.41, 5.74) is 3.26. The van der Waals surface area contributed by atoms with Gasteiger partial charge in [-0.3, -0.25) is 9.59 Å². The molecule has 2 rings (SSSR count). The maximum absolute atomic E-state index is 11.8. The molecule has 0 spiro atoms. The van der Waals surface area contributed by atoms with Crippen molar-refractivity contribution in [1.29, 1.82) is 0 Å². The van der Waals surface area contributed by atoms with Gasteiger partial charge in [0, 0.05) is 26.7 Å². The smallest absolute Gasteiger partial charge is 0.302 e. The molecule has 0 aliphatic carbocycles. The van der Waals surface area contributed by atoms with Crippen LogP contribution in [0, 0.1) is 0 Å². The van der Waals surface area contributed by atoms with Crippen molar-refractivity contribution in [3.8, 4) is 0 Å². The number of benzene rings is 1. The van der Waals surface area contributed by atoms with Crippen LogP contribution < -0.4 is 5.19 Å². The van der Waals surface area contributed by atoms with E-state index in [1.54, 1.807) is 0 Å². The minimum atomic E-state index is -1.92. The van der Waals surface area contributed by atoms with Crippen molar-refractivity contribution in [3.63, 3.8) is 0 Å². The van der Waals surface area contributed by atoms with Crippen LogP contribution in [0.15, 0.2) is 52.9 Å². The van der Waals surface area contributed by atoms with Crippen LogP contribution in [0.25, 0.3) is 0 Å². The van der Waals surface area contributed by atoms with Crippen molar-refractivity contribution in [1.82, 2.24) is 0 Å². The van der Waals surface area contributed by atoms with Gasteiger partial charge in [-0.25, -0.2) is 0 Å². The third-order valence-corrected chi connectivity index (χ3v) is 11.2. The van der Waals surface area contributed by atoms with Crippen molar-refractivity contribution >= 4 is 33.5 Å². The van der Waals surface area contributed by atoms with Gasteiger partial charge >= 0.3 is 11.9 Å². The summed E-state index contributed by atoms with van der Waals surface area (Å²) in [4.78, 5) is 23.3. The van der Waals surface area contributed by atoms with Crippen LogP contribution in [-0.4, -0.2) is 47.6 Å². The van der Waals surface area contributed by atoms with Gasteiger partial charge in [0.15, 0.2) is 0 Å². The first-order chi connectivity index (χ1) is 14.0. The fourth-order valence-corrected chi connectivity index (χ4v) is 8.18. The lowest BCUT2D eigenvalue weighted by molar-refractivity contribution is -0.146. The van der Waals surface area contributed by atoms with E-state index in [2.05, 4.69) is 50.1 Å². The molecule has 1 aromatic rings. The molecule has 1 aromatic carbocycles. The van der Waals surface area contributed by atoms with Crippen LogP contribution in [-0.2, 0) is 23.5 Å². The van der Waals surface area contributed by atoms with Gasteiger partial charge in [-0.15, -0.1) is 0 Å². The van der Waals surface area contributed by atoms with Crippen molar-refractivity contribution in [2.24, 2.45) is 0 Å². The Morgan fingerprint density at radius 1 is 1.17 bits per heavy atom. The molecule has 0 N–H and O–H groups in total. The van der Waals surface area contributed by atoms with Gasteiger partial charge in [-0.1, -0.05) is 65.6 Å². The van der Waals surface area contributed by atoms with Crippen LogP contribution >= 0.6 is 0 Å². The van der Waals surface area contributed by atoms with E-state index in [1.165, 1.54) is 24.2 Å². The van der Waals surface area contributed by atoms with Crippen LogP contribution in [0.5, 0.6) is 0 Å². The summed E-state index contributed by atoms with van der Waals surface area (Å²) in [7, 11) is -3.81. The summed E-state index contributed by atoms with van der Waals surface area (Å²) >= 11 is 0. The fraction of sp³-hybridized carbons (Fsp3) is 0.478. The Morgan fingerprint density at radius 2 is 1.83 bits per heavy atom. The highest BCUT2D eigenvalue weighted by Gasteiger charge is 2.34. The maximum Gasteiger partial charge on any atom is 0.302 e. The minimum Gasteiger partial charge on any atom is -0.462 e. The third-order valence-electron chi connectivity index (χ3n) is 5.36. The molecule has 1 unspecified atom stereocenters. The first kappa shape index (κ1) is 24.3. The standard InChI is InChI=1S/C23H34O5Si2/c1-18(24)26-16-20(17-29(3,4)22-10-8-7-9-11-22)14-21(28-19(2)25)15-23-12-13-27-30(23,5)6/h7-12,17,21H,13-16H2,1-6H3/b20-17-. The van der Waals surface area contributed by atoms with E-state index in [9.17, 15) is 9.59 Å². The van der Waals surface area contributed by atoms with Gasteiger partial charge in [0.2, 0.25) is 8.32 Å². The fourth-order valence-electron chi connectivity index (χ4n) is 3.76. The summed E-state index contributed by atoms with van der Waals surface area (Å²) < 4.78 is 16.9. The maximum atomic E-state index is 11.8. The molecule has 1 atom stereocenters. The van der Waals surface area contributed by atoms with Crippen molar-refractivity contribution in [2.75, 3.05) is 13.2 Å². The largest absolute Gasteiger partial charge is 0.462 e. The van der Waals surface area contributed by atoms with Crippen LogP contribution in [0.1, 0.15) is 26.7 Å². The van der Waals surface area contributed by atoms with Crippen molar-refractivity contribution < 1.29 is 23.5 Å². The summed E-state index contributed by atoms with van der Waals surface area (Å²) in [5, 5.41) is 2.56. The van der Waals surface area contributed by atoms with Gasteiger partial charge in [-0.05, 0) is 18.7 Å². The Kier molecular flexibility index (Phi) is 8.40. The van der Waals surface area contributed by atoms with Crippen LogP contribution in [0.2, 0.25) is 26.2 Å². The molecule has 1 aliphatic heterocycles. The zero-order valence-electron chi connectivity index (χ0n) is 19.0. The van der Waals surface area contributed by atoms with Crippen molar-refractivity contribution in [2.45, 2.75) is 59.0 Å².